The molecular formula is C28H25N5O. The van der Waals surface area contributed by atoms with Crippen LogP contribution in [0.3, 0.4) is 0 Å². The Hall–Kier alpha value is -3.93. The highest BCUT2D eigenvalue weighted by molar-refractivity contribution is 5.93. The van der Waals surface area contributed by atoms with Crippen LogP contribution in [0.5, 0.6) is 0 Å². The van der Waals surface area contributed by atoms with Crippen molar-refractivity contribution in [2.75, 3.05) is 5.32 Å². The fourth-order valence-electron chi connectivity index (χ4n) is 4.24. The molecule has 2 saturated carbocycles. The molecule has 2 aliphatic carbocycles. The second-order valence-electron chi connectivity index (χ2n) is 9.30. The van der Waals surface area contributed by atoms with Gasteiger partial charge in [0.15, 0.2) is 0 Å². The van der Waals surface area contributed by atoms with Crippen LogP contribution in [0.15, 0.2) is 67.1 Å². The smallest absolute Gasteiger partial charge is 0.228 e. The van der Waals surface area contributed by atoms with Gasteiger partial charge in [-0.15, -0.1) is 0 Å². The second-order valence-corrected chi connectivity index (χ2v) is 9.30. The fourth-order valence-corrected chi connectivity index (χ4v) is 4.24. The van der Waals surface area contributed by atoms with E-state index >= 15 is 0 Å². The van der Waals surface area contributed by atoms with Gasteiger partial charge >= 0.3 is 0 Å². The van der Waals surface area contributed by atoms with Gasteiger partial charge in [-0.2, -0.15) is 10.2 Å². The van der Waals surface area contributed by atoms with E-state index in [-0.39, 0.29) is 11.8 Å². The molecular weight excluding hydrogens is 422 g/mol. The highest BCUT2D eigenvalue weighted by atomic mass is 16.2. The maximum absolute atomic E-state index is 12.1. The van der Waals surface area contributed by atoms with Crippen molar-refractivity contribution >= 4 is 11.7 Å². The lowest BCUT2D eigenvalue weighted by Crippen LogP contribution is -2.14. The van der Waals surface area contributed by atoms with Crippen molar-refractivity contribution in [3.05, 3.63) is 78.2 Å². The summed E-state index contributed by atoms with van der Waals surface area (Å²) in [7, 11) is 0. The SMILES string of the molecule is Cc1ccc(-c2cc(C3CC3)cnn2)cc1-c1ccnc(-c2ccnc(NC(=O)C3CC3)c2)c1. The van der Waals surface area contributed by atoms with Crippen LogP contribution < -0.4 is 5.32 Å². The molecule has 0 spiro atoms. The van der Waals surface area contributed by atoms with E-state index in [9.17, 15) is 4.79 Å². The van der Waals surface area contributed by atoms with Crippen molar-refractivity contribution < 1.29 is 4.79 Å². The average Bonchev–Trinajstić information content (AvgIpc) is 3.78. The number of carbonyl (C=O) groups excluding carboxylic acids is 1. The van der Waals surface area contributed by atoms with Crippen LogP contribution in [0.25, 0.3) is 33.6 Å². The van der Waals surface area contributed by atoms with Crippen molar-refractivity contribution in [3.8, 4) is 33.6 Å². The predicted octanol–water partition coefficient (Wildman–Crippen LogP) is 5.80. The van der Waals surface area contributed by atoms with Crippen LogP contribution in [0.2, 0.25) is 0 Å². The number of aryl methyl sites for hydroxylation is 1. The van der Waals surface area contributed by atoms with Gasteiger partial charge in [0.05, 0.1) is 17.6 Å². The second kappa shape index (κ2) is 8.45. The number of hydrogen-bond donors (Lipinski definition) is 1. The predicted molar refractivity (Wildman–Crippen MR) is 132 cm³/mol. The Bertz CT molecular complexity index is 1390. The van der Waals surface area contributed by atoms with E-state index in [1.807, 2.05) is 30.6 Å². The van der Waals surface area contributed by atoms with Gasteiger partial charge in [0, 0.05) is 29.4 Å². The van der Waals surface area contributed by atoms with E-state index in [2.05, 4.69) is 62.7 Å². The van der Waals surface area contributed by atoms with E-state index < -0.39 is 0 Å². The molecule has 0 unspecified atom stereocenters. The number of amides is 1. The summed E-state index contributed by atoms with van der Waals surface area (Å²) in [4.78, 5) is 21.0. The van der Waals surface area contributed by atoms with Crippen molar-refractivity contribution in [2.24, 2.45) is 5.92 Å². The first kappa shape index (κ1) is 20.7. The van der Waals surface area contributed by atoms with Crippen LogP contribution >= 0.6 is 0 Å². The maximum Gasteiger partial charge on any atom is 0.228 e. The van der Waals surface area contributed by atoms with E-state index in [1.54, 1.807) is 6.20 Å². The minimum Gasteiger partial charge on any atom is -0.310 e. The maximum atomic E-state index is 12.1. The third-order valence-corrected chi connectivity index (χ3v) is 6.58. The monoisotopic (exact) mass is 447 g/mol. The zero-order valence-electron chi connectivity index (χ0n) is 19.0. The molecule has 0 radical (unpaired) electrons. The average molecular weight is 448 g/mol. The number of carbonyl (C=O) groups is 1. The molecule has 0 aliphatic heterocycles. The fraction of sp³-hybridized carbons (Fsp3) is 0.250. The minimum absolute atomic E-state index is 0.0488. The summed E-state index contributed by atoms with van der Waals surface area (Å²) in [6, 6.07) is 16.5. The lowest BCUT2D eigenvalue weighted by molar-refractivity contribution is -0.117. The molecule has 6 nitrogen and oxygen atoms in total. The van der Waals surface area contributed by atoms with Gasteiger partial charge in [0.1, 0.15) is 5.82 Å². The molecule has 2 aliphatic rings. The number of rotatable bonds is 6. The van der Waals surface area contributed by atoms with E-state index in [0.717, 1.165) is 46.5 Å². The summed E-state index contributed by atoms with van der Waals surface area (Å²) in [6.45, 7) is 2.11. The first-order chi connectivity index (χ1) is 16.6. The summed E-state index contributed by atoms with van der Waals surface area (Å²) in [5.41, 5.74) is 8.39. The molecule has 1 N–H and O–H groups in total. The zero-order valence-corrected chi connectivity index (χ0v) is 19.0. The number of anilines is 1. The summed E-state index contributed by atoms with van der Waals surface area (Å²) < 4.78 is 0. The van der Waals surface area contributed by atoms with Gasteiger partial charge in [-0.1, -0.05) is 12.1 Å². The molecule has 0 saturated heterocycles. The quantitative estimate of drug-likeness (QED) is 0.404. The molecule has 2 fully saturated rings. The van der Waals surface area contributed by atoms with Gasteiger partial charge in [0.25, 0.3) is 0 Å². The molecule has 3 aromatic heterocycles. The Labute approximate surface area is 198 Å². The van der Waals surface area contributed by atoms with Crippen LogP contribution in [0, 0.1) is 12.8 Å². The van der Waals surface area contributed by atoms with Crippen LogP contribution in [0.4, 0.5) is 5.82 Å². The molecule has 6 heteroatoms. The molecule has 168 valence electrons. The lowest BCUT2D eigenvalue weighted by atomic mass is 9.96. The molecule has 1 aromatic carbocycles. The Morgan fingerprint density at radius 2 is 1.65 bits per heavy atom. The van der Waals surface area contributed by atoms with Crippen molar-refractivity contribution in [2.45, 2.75) is 38.5 Å². The lowest BCUT2D eigenvalue weighted by Gasteiger charge is -2.11. The van der Waals surface area contributed by atoms with Gasteiger partial charge in [-0.05, 0) is 97.2 Å². The summed E-state index contributed by atoms with van der Waals surface area (Å²) in [5.74, 6) is 1.39. The minimum atomic E-state index is 0.0488. The molecule has 0 bridgehead atoms. The molecule has 4 aromatic rings. The summed E-state index contributed by atoms with van der Waals surface area (Å²) in [6.07, 6.45) is 9.84. The van der Waals surface area contributed by atoms with Gasteiger partial charge < -0.3 is 5.32 Å². The highest BCUT2D eigenvalue weighted by Gasteiger charge is 2.29. The first-order valence-electron chi connectivity index (χ1n) is 11.8. The van der Waals surface area contributed by atoms with Gasteiger partial charge in [-0.25, -0.2) is 4.98 Å². The van der Waals surface area contributed by atoms with Crippen molar-refractivity contribution in [1.29, 1.82) is 0 Å². The number of aromatic nitrogens is 4. The Morgan fingerprint density at radius 1 is 0.853 bits per heavy atom. The number of benzene rings is 1. The topological polar surface area (TPSA) is 80.7 Å². The van der Waals surface area contributed by atoms with Crippen LogP contribution in [0.1, 0.15) is 42.7 Å². The molecule has 3 heterocycles. The third kappa shape index (κ3) is 4.31. The molecule has 0 atom stereocenters. The summed E-state index contributed by atoms with van der Waals surface area (Å²) >= 11 is 0. The van der Waals surface area contributed by atoms with E-state index in [0.29, 0.717) is 11.7 Å². The van der Waals surface area contributed by atoms with E-state index in [1.165, 1.54) is 24.0 Å². The van der Waals surface area contributed by atoms with Crippen LogP contribution in [-0.4, -0.2) is 26.1 Å². The number of hydrogen-bond acceptors (Lipinski definition) is 5. The van der Waals surface area contributed by atoms with Crippen LogP contribution in [-0.2, 0) is 4.79 Å². The van der Waals surface area contributed by atoms with Gasteiger partial charge in [0.2, 0.25) is 5.91 Å². The number of nitrogens with zero attached hydrogens (tertiary/aromatic N) is 4. The largest absolute Gasteiger partial charge is 0.310 e. The normalized spacial score (nSPS) is 15.2. The zero-order chi connectivity index (χ0) is 23.1. The molecule has 34 heavy (non-hydrogen) atoms. The van der Waals surface area contributed by atoms with Gasteiger partial charge in [-0.3, -0.25) is 9.78 Å². The Morgan fingerprint density at radius 3 is 2.47 bits per heavy atom. The molecule has 1 amide bonds. The number of nitrogens with one attached hydrogen (secondary N) is 1. The van der Waals surface area contributed by atoms with Crippen molar-refractivity contribution in [1.82, 2.24) is 20.2 Å². The number of pyridine rings is 2. The standard InChI is InChI=1S/C28H25N5O/c1-17-2-3-21(26-14-23(16-31-33-26)18-4-5-18)12-24(17)20-8-10-29-25(13-20)22-9-11-30-27(15-22)32-28(34)19-6-7-19/h2-3,8-16,18-19H,4-7H2,1H3,(H,30,32,34). The summed E-state index contributed by atoms with van der Waals surface area (Å²) in [5, 5.41) is 11.6. The Kier molecular flexibility index (Phi) is 5.13. The molecule has 6 rings (SSSR count). The Balaban J connectivity index is 1.32. The van der Waals surface area contributed by atoms with Crippen molar-refractivity contribution in [3.63, 3.8) is 0 Å². The first-order valence-corrected chi connectivity index (χ1v) is 11.8. The third-order valence-electron chi connectivity index (χ3n) is 6.58. The highest BCUT2D eigenvalue weighted by Crippen LogP contribution is 2.40. The van der Waals surface area contributed by atoms with E-state index in [4.69, 9.17) is 0 Å².